The minimum absolute atomic E-state index is 0.183. The predicted molar refractivity (Wildman–Crippen MR) is 67.6 cm³/mol. The number of allylic oxidation sites excluding steroid dienone is 1. The monoisotopic (exact) mass is 200 g/mol. The van der Waals surface area contributed by atoms with Crippen LogP contribution >= 0.6 is 10.5 Å². The van der Waals surface area contributed by atoms with Gasteiger partial charge < -0.3 is 0 Å². The molecule has 0 fully saturated rings. The highest BCUT2D eigenvalue weighted by Crippen LogP contribution is 2.27. The molecule has 0 aliphatic heterocycles. The number of rotatable bonds is 2. The lowest BCUT2D eigenvalue weighted by Crippen LogP contribution is -2.09. The molecular formula is C12H24S. The molecule has 0 heterocycles. The number of hydrogen-bond donors (Lipinski definition) is 0. The summed E-state index contributed by atoms with van der Waals surface area (Å²) >= 11 is 0. The second-order valence-electron chi connectivity index (χ2n) is 5.91. The van der Waals surface area contributed by atoms with Gasteiger partial charge in [-0.05, 0) is 22.0 Å². The SMILES string of the molecule is C=S(/C=C\C(C)(C)C)CC(C)(C)C. The van der Waals surface area contributed by atoms with Crippen LogP contribution in [0.5, 0.6) is 0 Å². The van der Waals surface area contributed by atoms with Gasteiger partial charge in [-0.3, -0.25) is 0 Å². The molecule has 0 aliphatic carbocycles. The third kappa shape index (κ3) is 9.88. The summed E-state index contributed by atoms with van der Waals surface area (Å²) in [7, 11) is 0.183. The largest absolute Gasteiger partial charge is 0.169 e. The van der Waals surface area contributed by atoms with Gasteiger partial charge in [-0.15, -0.1) is 0 Å². The van der Waals surface area contributed by atoms with E-state index in [9.17, 15) is 0 Å². The summed E-state index contributed by atoms with van der Waals surface area (Å²) in [5.74, 6) is 5.35. The first-order chi connectivity index (χ1) is 5.60. The van der Waals surface area contributed by atoms with E-state index in [2.05, 4.69) is 58.9 Å². The first-order valence-corrected chi connectivity index (χ1v) is 6.41. The van der Waals surface area contributed by atoms with Crippen LogP contribution in [0.15, 0.2) is 11.5 Å². The summed E-state index contributed by atoms with van der Waals surface area (Å²) in [4.78, 5) is 0. The Balaban J connectivity index is 4.11. The van der Waals surface area contributed by atoms with Crippen molar-refractivity contribution in [2.45, 2.75) is 41.5 Å². The molecule has 0 saturated heterocycles. The minimum atomic E-state index is 0.183. The first kappa shape index (κ1) is 13.0. The summed E-state index contributed by atoms with van der Waals surface area (Å²) in [6.07, 6.45) is 2.27. The fourth-order valence-electron chi connectivity index (χ4n) is 0.905. The molecule has 0 radical (unpaired) electrons. The molecular weight excluding hydrogens is 176 g/mol. The van der Waals surface area contributed by atoms with Crippen LogP contribution in [0.3, 0.4) is 0 Å². The maximum absolute atomic E-state index is 4.17. The maximum atomic E-state index is 4.17. The van der Waals surface area contributed by atoms with E-state index in [0.29, 0.717) is 10.8 Å². The molecule has 0 rings (SSSR count). The molecule has 1 atom stereocenters. The van der Waals surface area contributed by atoms with Crippen molar-refractivity contribution in [1.29, 1.82) is 0 Å². The molecule has 0 bridgehead atoms. The van der Waals surface area contributed by atoms with Crippen molar-refractivity contribution in [2.75, 3.05) is 5.75 Å². The molecule has 0 N–H and O–H groups in total. The third-order valence-electron chi connectivity index (χ3n) is 1.38. The van der Waals surface area contributed by atoms with Crippen molar-refractivity contribution >= 4 is 16.4 Å². The topological polar surface area (TPSA) is 0 Å². The molecule has 78 valence electrons. The van der Waals surface area contributed by atoms with Gasteiger partial charge in [-0.25, -0.2) is 0 Å². The Bertz CT molecular complexity index is 198. The second-order valence-corrected chi connectivity index (χ2v) is 7.55. The van der Waals surface area contributed by atoms with E-state index in [4.69, 9.17) is 0 Å². The van der Waals surface area contributed by atoms with Crippen LogP contribution in [0, 0.1) is 10.8 Å². The fraction of sp³-hybridized carbons (Fsp3) is 0.750. The van der Waals surface area contributed by atoms with E-state index in [1.54, 1.807) is 0 Å². The van der Waals surface area contributed by atoms with E-state index < -0.39 is 0 Å². The van der Waals surface area contributed by atoms with Crippen LogP contribution < -0.4 is 0 Å². The molecule has 1 heteroatoms. The van der Waals surface area contributed by atoms with Gasteiger partial charge in [-0.1, -0.05) is 53.5 Å². The van der Waals surface area contributed by atoms with Crippen LogP contribution in [-0.4, -0.2) is 11.6 Å². The minimum Gasteiger partial charge on any atom is -0.169 e. The molecule has 0 nitrogen and oxygen atoms in total. The summed E-state index contributed by atoms with van der Waals surface area (Å²) < 4.78 is 0. The zero-order chi connectivity index (χ0) is 10.7. The quantitative estimate of drug-likeness (QED) is 0.583. The lowest BCUT2D eigenvalue weighted by Gasteiger charge is -2.19. The highest BCUT2D eigenvalue weighted by molar-refractivity contribution is 8.16. The van der Waals surface area contributed by atoms with Crippen LogP contribution in [0.2, 0.25) is 0 Å². The van der Waals surface area contributed by atoms with Crippen molar-refractivity contribution in [3.05, 3.63) is 11.5 Å². The van der Waals surface area contributed by atoms with Crippen molar-refractivity contribution in [2.24, 2.45) is 10.8 Å². The molecule has 0 amide bonds. The number of hydrogen-bond acceptors (Lipinski definition) is 0. The Morgan fingerprint density at radius 3 is 1.85 bits per heavy atom. The van der Waals surface area contributed by atoms with E-state index in [-0.39, 0.29) is 10.5 Å². The van der Waals surface area contributed by atoms with Gasteiger partial charge in [-0.2, -0.15) is 10.5 Å². The van der Waals surface area contributed by atoms with Gasteiger partial charge in [0, 0.05) is 0 Å². The molecule has 0 spiro atoms. The Morgan fingerprint density at radius 1 is 1.08 bits per heavy atom. The van der Waals surface area contributed by atoms with E-state index in [1.807, 2.05) is 0 Å². The Labute approximate surface area is 86.4 Å². The smallest absolute Gasteiger partial charge is 0.00359 e. The predicted octanol–water partition coefficient (Wildman–Crippen LogP) is 4.29. The van der Waals surface area contributed by atoms with Crippen molar-refractivity contribution in [3.8, 4) is 0 Å². The lowest BCUT2D eigenvalue weighted by molar-refractivity contribution is 0.481. The van der Waals surface area contributed by atoms with Crippen molar-refractivity contribution in [3.63, 3.8) is 0 Å². The molecule has 13 heavy (non-hydrogen) atoms. The maximum Gasteiger partial charge on any atom is -0.00359 e. The normalized spacial score (nSPS) is 16.5. The van der Waals surface area contributed by atoms with Crippen molar-refractivity contribution in [1.82, 2.24) is 0 Å². The first-order valence-electron chi connectivity index (χ1n) is 4.79. The van der Waals surface area contributed by atoms with E-state index in [0.717, 1.165) is 0 Å². The highest BCUT2D eigenvalue weighted by atomic mass is 32.2. The fourth-order valence-corrected chi connectivity index (χ4v) is 2.71. The van der Waals surface area contributed by atoms with Crippen molar-refractivity contribution < 1.29 is 0 Å². The molecule has 0 aromatic carbocycles. The van der Waals surface area contributed by atoms with Crippen LogP contribution in [0.1, 0.15) is 41.5 Å². The standard InChI is InChI=1S/C12H24S/c1-11(2,3)8-9-13(7)10-12(4,5)6/h8-9H,7,10H2,1-6H3/b9-8-. The molecule has 1 unspecified atom stereocenters. The summed E-state index contributed by atoms with van der Waals surface area (Å²) in [6.45, 7) is 13.5. The van der Waals surface area contributed by atoms with Gasteiger partial charge in [0.25, 0.3) is 0 Å². The highest BCUT2D eigenvalue weighted by Gasteiger charge is 2.10. The zero-order valence-electron chi connectivity index (χ0n) is 9.98. The van der Waals surface area contributed by atoms with E-state index >= 15 is 0 Å². The average Bonchev–Trinajstić information content (AvgIpc) is 1.78. The summed E-state index contributed by atoms with van der Waals surface area (Å²) in [5, 5.41) is 2.27. The molecule has 0 aliphatic rings. The Morgan fingerprint density at radius 2 is 1.54 bits per heavy atom. The van der Waals surface area contributed by atoms with Gasteiger partial charge >= 0.3 is 0 Å². The van der Waals surface area contributed by atoms with Gasteiger partial charge in [0.05, 0.1) is 0 Å². The molecule has 0 saturated carbocycles. The Kier molecular flexibility index (Phi) is 4.44. The second kappa shape index (κ2) is 4.45. The lowest BCUT2D eigenvalue weighted by atomic mass is 9.98. The van der Waals surface area contributed by atoms with Gasteiger partial charge in [0.2, 0.25) is 0 Å². The van der Waals surface area contributed by atoms with Crippen LogP contribution in [0.4, 0.5) is 0 Å². The molecule has 0 aromatic heterocycles. The van der Waals surface area contributed by atoms with Crippen LogP contribution in [0.25, 0.3) is 0 Å². The average molecular weight is 200 g/mol. The Hall–Kier alpha value is -0.0400. The van der Waals surface area contributed by atoms with Gasteiger partial charge in [0.15, 0.2) is 0 Å². The molecule has 0 aromatic rings. The zero-order valence-corrected chi connectivity index (χ0v) is 10.8. The van der Waals surface area contributed by atoms with Crippen LogP contribution in [-0.2, 0) is 0 Å². The van der Waals surface area contributed by atoms with Gasteiger partial charge in [0.1, 0.15) is 0 Å². The van der Waals surface area contributed by atoms with E-state index in [1.165, 1.54) is 5.75 Å². The summed E-state index contributed by atoms with van der Waals surface area (Å²) in [6, 6.07) is 0. The third-order valence-corrected chi connectivity index (χ3v) is 3.14. The summed E-state index contributed by atoms with van der Waals surface area (Å²) in [5.41, 5.74) is 0.688.